The molecule has 3 aliphatic rings. The highest BCUT2D eigenvalue weighted by Crippen LogP contribution is 2.61. The molecule has 3 aliphatic carbocycles. The van der Waals surface area contributed by atoms with Gasteiger partial charge in [0, 0.05) is 18.4 Å². The van der Waals surface area contributed by atoms with E-state index in [0.29, 0.717) is 24.5 Å². The molecule has 4 heteroatoms. The Morgan fingerprint density at radius 1 is 1.35 bits per heavy atom. The molecule has 3 nitrogen and oxygen atoms in total. The molecule has 2 fully saturated rings. The number of aromatic hydroxyl groups is 1. The van der Waals surface area contributed by atoms with Crippen LogP contribution in [-0.4, -0.2) is 35.7 Å². The van der Waals surface area contributed by atoms with E-state index in [-0.39, 0.29) is 17.9 Å². The van der Waals surface area contributed by atoms with Crippen LogP contribution < -0.4 is 0 Å². The fraction of sp³-hybridized carbons (Fsp3) is 0.684. The number of rotatable bonds is 1. The minimum absolute atomic E-state index is 0.00945. The predicted molar refractivity (Wildman–Crippen MR) is 85.2 cm³/mol. The van der Waals surface area contributed by atoms with E-state index in [2.05, 4.69) is 0 Å². The standard InChI is InChI=1S/C19H25FO3/c1-19-9-16(23-2)17-12-6-4-11(21)7-10(12)3-5-13(17)14(19)8-15(20)18(19)22/h4,6-7,13-18,21-22H,3,5,8-9H2,1-2H3. The van der Waals surface area contributed by atoms with E-state index in [4.69, 9.17) is 4.74 Å². The van der Waals surface area contributed by atoms with Gasteiger partial charge in [0.15, 0.2) is 0 Å². The molecule has 2 saturated carbocycles. The molecule has 0 bridgehead atoms. The second-order valence-corrected chi connectivity index (χ2v) is 7.90. The van der Waals surface area contributed by atoms with E-state index in [1.807, 2.05) is 19.1 Å². The molecular weight excluding hydrogens is 295 g/mol. The number of aliphatic hydroxyl groups is 1. The van der Waals surface area contributed by atoms with Gasteiger partial charge in [-0.1, -0.05) is 13.0 Å². The zero-order valence-electron chi connectivity index (χ0n) is 13.7. The van der Waals surface area contributed by atoms with Crippen molar-refractivity contribution in [2.45, 2.75) is 56.9 Å². The van der Waals surface area contributed by atoms with E-state index < -0.39 is 17.7 Å². The first kappa shape index (κ1) is 15.4. The molecule has 7 unspecified atom stereocenters. The summed E-state index contributed by atoms with van der Waals surface area (Å²) in [6.45, 7) is 2.04. The third-order valence-corrected chi connectivity index (χ3v) is 6.90. The van der Waals surface area contributed by atoms with Gasteiger partial charge >= 0.3 is 0 Å². The molecule has 0 amide bonds. The van der Waals surface area contributed by atoms with Crippen molar-refractivity contribution in [3.63, 3.8) is 0 Å². The average Bonchev–Trinajstić information content (AvgIpc) is 2.77. The Bertz CT molecular complexity index is 619. The number of hydrogen-bond acceptors (Lipinski definition) is 3. The summed E-state index contributed by atoms with van der Waals surface area (Å²) < 4.78 is 20.1. The van der Waals surface area contributed by atoms with Crippen molar-refractivity contribution in [2.75, 3.05) is 7.11 Å². The number of halogens is 1. The zero-order chi connectivity index (χ0) is 16.4. The van der Waals surface area contributed by atoms with Gasteiger partial charge in [-0.25, -0.2) is 4.39 Å². The third-order valence-electron chi connectivity index (χ3n) is 6.90. The van der Waals surface area contributed by atoms with Gasteiger partial charge in [0.25, 0.3) is 0 Å². The second kappa shape index (κ2) is 5.18. The van der Waals surface area contributed by atoms with Gasteiger partial charge < -0.3 is 14.9 Å². The molecule has 2 N–H and O–H groups in total. The van der Waals surface area contributed by atoms with Crippen LogP contribution in [0, 0.1) is 17.3 Å². The highest BCUT2D eigenvalue weighted by molar-refractivity contribution is 5.41. The molecule has 1 aromatic rings. The second-order valence-electron chi connectivity index (χ2n) is 7.90. The number of aliphatic hydroxyl groups excluding tert-OH is 1. The van der Waals surface area contributed by atoms with E-state index in [1.54, 1.807) is 13.2 Å². The molecule has 0 spiro atoms. The Balaban J connectivity index is 1.78. The summed E-state index contributed by atoms with van der Waals surface area (Å²) in [6.07, 6.45) is 1.02. The minimum atomic E-state index is -1.12. The molecule has 126 valence electrons. The summed E-state index contributed by atoms with van der Waals surface area (Å²) in [7, 11) is 1.72. The molecule has 0 aliphatic heterocycles. The molecule has 0 saturated heterocycles. The number of methoxy groups -OCH3 is 1. The number of ether oxygens (including phenoxy) is 1. The molecule has 0 heterocycles. The Labute approximate surface area is 136 Å². The molecule has 23 heavy (non-hydrogen) atoms. The van der Waals surface area contributed by atoms with Crippen LogP contribution in [0.3, 0.4) is 0 Å². The number of phenolic OH excluding ortho intramolecular Hbond substituents is 1. The lowest BCUT2D eigenvalue weighted by Gasteiger charge is -2.53. The highest BCUT2D eigenvalue weighted by Gasteiger charge is 2.61. The number of alkyl halides is 1. The van der Waals surface area contributed by atoms with E-state index in [9.17, 15) is 14.6 Å². The Kier molecular flexibility index (Phi) is 3.47. The Morgan fingerprint density at radius 3 is 2.87 bits per heavy atom. The lowest BCUT2D eigenvalue weighted by Crippen LogP contribution is -2.51. The fourth-order valence-corrected chi connectivity index (χ4v) is 5.79. The zero-order valence-corrected chi connectivity index (χ0v) is 13.7. The van der Waals surface area contributed by atoms with Gasteiger partial charge in [-0.3, -0.25) is 0 Å². The van der Waals surface area contributed by atoms with Crippen molar-refractivity contribution in [3.8, 4) is 5.75 Å². The summed E-state index contributed by atoms with van der Waals surface area (Å²) in [6, 6.07) is 5.60. The van der Waals surface area contributed by atoms with Gasteiger partial charge in [-0.2, -0.15) is 0 Å². The lowest BCUT2D eigenvalue weighted by atomic mass is 9.54. The molecular formula is C19H25FO3. The van der Waals surface area contributed by atoms with Gasteiger partial charge in [-0.05, 0) is 60.8 Å². The number of hydrogen-bond donors (Lipinski definition) is 2. The summed E-state index contributed by atoms with van der Waals surface area (Å²) in [5.74, 6) is 1.08. The van der Waals surface area contributed by atoms with Crippen molar-refractivity contribution in [1.29, 1.82) is 0 Å². The highest BCUT2D eigenvalue weighted by atomic mass is 19.1. The average molecular weight is 320 g/mol. The van der Waals surface area contributed by atoms with E-state index in [0.717, 1.165) is 12.8 Å². The smallest absolute Gasteiger partial charge is 0.127 e. The largest absolute Gasteiger partial charge is 0.508 e. The normalized spacial score (nSPS) is 45.2. The van der Waals surface area contributed by atoms with Gasteiger partial charge in [-0.15, -0.1) is 0 Å². The van der Waals surface area contributed by atoms with Crippen molar-refractivity contribution in [2.24, 2.45) is 17.3 Å². The molecule has 0 radical (unpaired) electrons. The summed E-state index contributed by atoms with van der Waals surface area (Å²) in [4.78, 5) is 0. The maximum atomic E-state index is 14.3. The van der Waals surface area contributed by atoms with Crippen LogP contribution in [0.2, 0.25) is 0 Å². The SMILES string of the molecule is COC1CC2(C)C(O)C(F)CC2C2CCc3cc(O)ccc3C12. The summed E-state index contributed by atoms with van der Waals surface area (Å²) in [5.41, 5.74) is 2.03. The molecule has 7 atom stereocenters. The maximum Gasteiger partial charge on any atom is 0.127 e. The van der Waals surface area contributed by atoms with Gasteiger partial charge in [0.05, 0.1) is 12.2 Å². The quantitative estimate of drug-likeness (QED) is 0.835. The van der Waals surface area contributed by atoms with Crippen LogP contribution in [0.4, 0.5) is 4.39 Å². The Hall–Kier alpha value is -1.13. The van der Waals surface area contributed by atoms with Crippen LogP contribution >= 0.6 is 0 Å². The molecule has 0 aromatic heterocycles. The molecule has 4 rings (SSSR count). The maximum absolute atomic E-state index is 14.3. The first-order valence-electron chi connectivity index (χ1n) is 8.62. The van der Waals surface area contributed by atoms with Crippen molar-refractivity contribution < 1.29 is 19.3 Å². The van der Waals surface area contributed by atoms with Crippen molar-refractivity contribution in [1.82, 2.24) is 0 Å². The monoisotopic (exact) mass is 320 g/mol. The minimum Gasteiger partial charge on any atom is -0.508 e. The fourth-order valence-electron chi connectivity index (χ4n) is 5.79. The third kappa shape index (κ3) is 2.07. The Morgan fingerprint density at radius 2 is 2.13 bits per heavy atom. The first-order valence-corrected chi connectivity index (χ1v) is 8.62. The van der Waals surface area contributed by atoms with E-state index >= 15 is 0 Å². The van der Waals surface area contributed by atoms with Crippen LogP contribution in [-0.2, 0) is 11.2 Å². The van der Waals surface area contributed by atoms with Gasteiger partial charge in [0.1, 0.15) is 11.9 Å². The topological polar surface area (TPSA) is 49.7 Å². The van der Waals surface area contributed by atoms with Crippen molar-refractivity contribution in [3.05, 3.63) is 29.3 Å². The number of aryl methyl sites for hydroxylation is 1. The van der Waals surface area contributed by atoms with Crippen LogP contribution in [0.15, 0.2) is 18.2 Å². The van der Waals surface area contributed by atoms with Crippen molar-refractivity contribution >= 4 is 0 Å². The number of benzene rings is 1. The number of phenols is 1. The summed E-state index contributed by atoms with van der Waals surface area (Å²) in [5, 5.41) is 20.2. The summed E-state index contributed by atoms with van der Waals surface area (Å²) >= 11 is 0. The van der Waals surface area contributed by atoms with Crippen LogP contribution in [0.25, 0.3) is 0 Å². The first-order chi connectivity index (χ1) is 11.0. The predicted octanol–water partition coefficient (Wildman–Crippen LogP) is 3.18. The van der Waals surface area contributed by atoms with Crippen LogP contribution in [0.1, 0.15) is 43.2 Å². The van der Waals surface area contributed by atoms with E-state index in [1.165, 1.54) is 11.1 Å². The molecule has 1 aromatic carbocycles. The van der Waals surface area contributed by atoms with Gasteiger partial charge in [0.2, 0.25) is 0 Å². The number of fused-ring (bicyclic) bond motifs is 5. The van der Waals surface area contributed by atoms with Crippen LogP contribution in [0.5, 0.6) is 5.75 Å². The lowest BCUT2D eigenvalue weighted by molar-refractivity contribution is -0.0977.